The number of carbonyl (C=O) groups is 4. The Bertz CT molecular complexity index is 671. The Balaban J connectivity index is 2.39. The molecule has 6 N–H and O–H groups in total. The number of rotatable bonds is 10. The fourth-order valence-corrected chi connectivity index (χ4v) is 2.35. The molecule has 0 saturated carbocycles. The number of nitrogens with two attached hydrogens (primary N) is 1. The Labute approximate surface area is 162 Å². The maximum absolute atomic E-state index is 12.0. The monoisotopic (exact) mass is 396 g/mol. The molecule has 3 amide bonds. The second kappa shape index (κ2) is 11.2. The van der Waals surface area contributed by atoms with Crippen LogP contribution in [-0.4, -0.2) is 59.2 Å². The second-order valence-corrected chi connectivity index (χ2v) is 6.25. The van der Waals surface area contributed by atoms with Gasteiger partial charge in [-0.05, 0) is 18.9 Å². The fraction of sp³-hybridized carbons (Fsp3) is 0.412. The number of carboxylic acid groups (broad SMARTS) is 1. The average molecular weight is 396 g/mol. The summed E-state index contributed by atoms with van der Waals surface area (Å²) in [7, 11) is 0. The Morgan fingerprint density at radius 2 is 1.74 bits per heavy atom. The van der Waals surface area contributed by atoms with Gasteiger partial charge in [0.1, 0.15) is 12.1 Å². The molecule has 1 rings (SSSR count). The molecule has 0 heterocycles. The number of carboxylic acids is 1. The van der Waals surface area contributed by atoms with E-state index in [1.54, 1.807) is 0 Å². The molecule has 0 radical (unpaired) electrons. The molecule has 0 aliphatic rings. The zero-order chi connectivity index (χ0) is 20.4. The molecule has 1 aromatic carbocycles. The summed E-state index contributed by atoms with van der Waals surface area (Å²) in [6.07, 6.45) is 0.327. The second-order valence-electron chi connectivity index (χ2n) is 5.89. The van der Waals surface area contributed by atoms with Crippen molar-refractivity contribution in [1.82, 2.24) is 16.0 Å². The van der Waals surface area contributed by atoms with Crippen LogP contribution >= 0.6 is 12.6 Å². The normalized spacial score (nSPS) is 13.7. The molecule has 0 aromatic heterocycles. The van der Waals surface area contributed by atoms with E-state index in [1.165, 1.54) is 6.92 Å². The topological polar surface area (TPSA) is 151 Å². The van der Waals surface area contributed by atoms with Gasteiger partial charge in [0.2, 0.25) is 17.7 Å². The minimum Gasteiger partial charge on any atom is -0.480 e. The van der Waals surface area contributed by atoms with Gasteiger partial charge in [0.05, 0.1) is 12.6 Å². The van der Waals surface area contributed by atoms with Gasteiger partial charge in [0.15, 0.2) is 0 Å². The van der Waals surface area contributed by atoms with Crippen molar-refractivity contribution in [2.75, 3.05) is 12.3 Å². The molecular weight excluding hydrogens is 372 g/mol. The Morgan fingerprint density at radius 3 is 2.30 bits per heavy atom. The van der Waals surface area contributed by atoms with Crippen LogP contribution in [0.3, 0.4) is 0 Å². The summed E-state index contributed by atoms with van der Waals surface area (Å²) >= 11 is 3.84. The van der Waals surface area contributed by atoms with Gasteiger partial charge in [-0.15, -0.1) is 0 Å². The van der Waals surface area contributed by atoms with Gasteiger partial charge < -0.3 is 26.8 Å². The summed E-state index contributed by atoms with van der Waals surface area (Å²) in [5, 5.41) is 15.9. The molecule has 3 atom stereocenters. The highest BCUT2D eigenvalue weighted by atomic mass is 32.1. The van der Waals surface area contributed by atoms with E-state index in [2.05, 4.69) is 28.6 Å². The van der Waals surface area contributed by atoms with Crippen LogP contribution in [0.4, 0.5) is 0 Å². The molecule has 0 bridgehead atoms. The molecule has 148 valence electrons. The smallest absolute Gasteiger partial charge is 0.327 e. The van der Waals surface area contributed by atoms with Gasteiger partial charge in [-0.25, -0.2) is 4.79 Å². The molecule has 3 unspecified atom stereocenters. The van der Waals surface area contributed by atoms with Gasteiger partial charge in [0.25, 0.3) is 0 Å². The average Bonchev–Trinajstić information content (AvgIpc) is 2.64. The van der Waals surface area contributed by atoms with Crippen LogP contribution in [0.15, 0.2) is 30.3 Å². The van der Waals surface area contributed by atoms with Crippen LogP contribution in [0.25, 0.3) is 0 Å². The first-order valence-corrected chi connectivity index (χ1v) is 8.88. The molecule has 0 aliphatic carbocycles. The lowest BCUT2D eigenvalue weighted by Gasteiger charge is -2.18. The van der Waals surface area contributed by atoms with Gasteiger partial charge in [-0.2, -0.15) is 12.6 Å². The summed E-state index contributed by atoms with van der Waals surface area (Å²) in [6, 6.07) is 6.26. The number of nitrogens with one attached hydrogen (secondary N) is 3. The van der Waals surface area contributed by atoms with Gasteiger partial charge >= 0.3 is 5.97 Å². The van der Waals surface area contributed by atoms with Crippen molar-refractivity contribution in [1.29, 1.82) is 0 Å². The molecule has 10 heteroatoms. The zero-order valence-corrected chi connectivity index (χ0v) is 15.7. The Morgan fingerprint density at radius 1 is 1.11 bits per heavy atom. The number of thiol groups is 1. The van der Waals surface area contributed by atoms with Crippen LogP contribution < -0.4 is 21.7 Å². The van der Waals surface area contributed by atoms with E-state index in [9.17, 15) is 19.2 Å². The van der Waals surface area contributed by atoms with Crippen molar-refractivity contribution in [3.05, 3.63) is 35.9 Å². The minimum absolute atomic E-state index is 0.0862. The van der Waals surface area contributed by atoms with Crippen LogP contribution in [0.5, 0.6) is 0 Å². The molecule has 0 saturated heterocycles. The molecular formula is C17H24N4O5S. The number of amides is 3. The maximum Gasteiger partial charge on any atom is 0.327 e. The Hall–Kier alpha value is -2.59. The quantitative estimate of drug-likeness (QED) is 0.270. The van der Waals surface area contributed by atoms with E-state index >= 15 is 0 Å². The summed E-state index contributed by atoms with van der Waals surface area (Å²) in [5.74, 6) is -3.08. The largest absolute Gasteiger partial charge is 0.480 e. The third kappa shape index (κ3) is 8.09. The summed E-state index contributed by atoms with van der Waals surface area (Å²) in [5.41, 5.74) is 6.71. The van der Waals surface area contributed by atoms with Gasteiger partial charge in [0, 0.05) is 5.75 Å². The molecule has 1 aromatic rings. The zero-order valence-electron chi connectivity index (χ0n) is 14.8. The number of carbonyl (C=O) groups excluding carboxylic acids is 3. The molecule has 9 nitrogen and oxygen atoms in total. The first-order valence-electron chi connectivity index (χ1n) is 8.25. The highest BCUT2D eigenvalue weighted by Crippen LogP contribution is 2.01. The van der Waals surface area contributed by atoms with E-state index in [1.807, 2.05) is 30.3 Å². The first kappa shape index (κ1) is 22.5. The van der Waals surface area contributed by atoms with E-state index in [0.29, 0.717) is 6.42 Å². The maximum atomic E-state index is 12.0. The third-order valence-electron chi connectivity index (χ3n) is 3.63. The fourth-order valence-electron chi connectivity index (χ4n) is 2.10. The Kier molecular flexibility index (Phi) is 9.31. The van der Waals surface area contributed by atoms with Gasteiger partial charge in [-0.1, -0.05) is 30.3 Å². The lowest BCUT2D eigenvalue weighted by molar-refractivity contribution is -0.141. The van der Waals surface area contributed by atoms with Crippen molar-refractivity contribution >= 4 is 36.3 Å². The van der Waals surface area contributed by atoms with E-state index in [4.69, 9.17) is 10.8 Å². The summed E-state index contributed by atoms with van der Waals surface area (Å²) in [6.45, 7) is 1.04. The number of aliphatic carboxylic acids is 1. The summed E-state index contributed by atoms with van der Waals surface area (Å²) in [4.78, 5) is 46.6. The number of hydrogen-bond acceptors (Lipinski definition) is 6. The third-order valence-corrected chi connectivity index (χ3v) is 3.99. The number of hydrogen-bond donors (Lipinski definition) is 6. The van der Waals surface area contributed by atoms with Crippen molar-refractivity contribution in [2.24, 2.45) is 5.73 Å². The molecule has 0 aliphatic heterocycles. The van der Waals surface area contributed by atoms with E-state index in [-0.39, 0.29) is 12.3 Å². The molecule has 0 spiro atoms. The lowest BCUT2D eigenvalue weighted by atomic mass is 10.1. The predicted octanol–water partition coefficient (Wildman–Crippen LogP) is -1.32. The summed E-state index contributed by atoms with van der Waals surface area (Å²) < 4.78 is 0. The van der Waals surface area contributed by atoms with Crippen LogP contribution in [0.2, 0.25) is 0 Å². The van der Waals surface area contributed by atoms with E-state index in [0.717, 1.165) is 5.56 Å². The molecule has 0 fully saturated rings. The number of benzene rings is 1. The van der Waals surface area contributed by atoms with Crippen LogP contribution in [0, 0.1) is 0 Å². The highest BCUT2D eigenvalue weighted by molar-refractivity contribution is 7.80. The van der Waals surface area contributed by atoms with Gasteiger partial charge in [-0.3, -0.25) is 14.4 Å². The van der Waals surface area contributed by atoms with Crippen molar-refractivity contribution in [3.63, 3.8) is 0 Å². The van der Waals surface area contributed by atoms with Crippen molar-refractivity contribution in [2.45, 2.75) is 31.5 Å². The highest BCUT2D eigenvalue weighted by Gasteiger charge is 2.23. The first-order chi connectivity index (χ1) is 12.7. The minimum atomic E-state index is -1.23. The SMILES string of the molecule is CC(NC(=O)CNC(=O)C(N)Cc1ccccc1)C(=O)NC(CS)C(=O)O. The standard InChI is InChI=1S/C17H24N4O5S/c1-10(15(23)21-13(9-27)17(25)26)20-14(22)8-19-16(24)12(18)7-11-5-3-2-4-6-11/h2-6,10,12-13,27H,7-9,18H2,1H3,(H,19,24)(H,20,22)(H,21,23)(H,25,26). The predicted molar refractivity (Wildman–Crippen MR) is 102 cm³/mol. The van der Waals surface area contributed by atoms with Crippen molar-refractivity contribution in [3.8, 4) is 0 Å². The van der Waals surface area contributed by atoms with Crippen molar-refractivity contribution < 1.29 is 24.3 Å². The lowest BCUT2D eigenvalue weighted by Crippen LogP contribution is -2.53. The van der Waals surface area contributed by atoms with Crippen LogP contribution in [0.1, 0.15) is 12.5 Å². The van der Waals surface area contributed by atoms with Crippen LogP contribution in [-0.2, 0) is 25.6 Å². The van der Waals surface area contributed by atoms with E-state index < -0.39 is 41.8 Å². The molecule has 27 heavy (non-hydrogen) atoms.